The van der Waals surface area contributed by atoms with Crippen LogP contribution in [0.2, 0.25) is 4.34 Å². The third-order valence-electron chi connectivity index (χ3n) is 5.76. The number of piperazine rings is 1. The maximum absolute atomic E-state index is 13.5. The van der Waals surface area contributed by atoms with Crippen LogP contribution in [0.3, 0.4) is 0 Å². The lowest BCUT2D eigenvalue weighted by Crippen LogP contribution is -2.52. The summed E-state index contributed by atoms with van der Waals surface area (Å²) in [5, 5.41) is 3.05. The molecule has 1 atom stereocenters. The van der Waals surface area contributed by atoms with Gasteiger partial charge >= 0.3 is 6.03 Å². The second-order valence-electron chi connectivity index (χ2n) is 7.85. The molecule has 2 fully saturated rings. The van der Waals surface area contributed by atoms with Gasteiger partial charge in [0.05, 0.1) is 4.34 Å². The summed E-state index contributed by atoms with van der Waals surface area (Å²) in [7, 11) is 0. The van der Waals surface area contributed by atoms with E-state index in [0.29, 0.717) is 31.2 Å². The molecule has 5 nitrogen and oxygen atoms in total. The van der Waals surface area contributed by atoms with Gasteiger partial charge < -0.3 is 15.1 Å². The molecule has 0 saturated carbocycles. The van der Waals surface area contributed by atoms with Crippen molar-refractivity contribution in [1.29, 1.82) is 0 Å². The lowest BCUT2D eigenvalue weighted by molar-refractivity contribution is 0.135. The van der Waals surface area contributed by atoms with Crippen molar-refractivity contribution in [2.75, 3.05) is 50.7 Å². The summed E-state index contributed by atoms with van der Waals surface area (Å²) in [6, 6.07) is 7.94. The molecule has 1 aromatic heterocycles. The topological polar surface area (TPSA) is 38.8 Å². The maximum atomic E-state index is 13.5. The molecule has 4 rings (SSSR count). The number of hydrogen-bond donors (Lipinski definition) is 1. The SMILES string of the molecule is O=C(NCC1CCN(c2ccc(F)c(F)c2)C1)N1CCN(Cc2ccc(Cl)s2)CC1. The fourth-order valence-corrected chi connectivity index (χ4v) is 5.16. The van der Waals surface area contributed by atoms with E-state index < -0.39 is 11.6 Å². The molecule has 2 aliphatic heterocycles. The van der Waals surface area contributed by atoms with Gasteiger partial charge in [0.2, 0.25) is 0 Å². The van der Waals surface area contributed by atoms with Gasteiger partial charge in [0.1, 0.15) is 0 Å². The molecule has 162 valence electrons. The number of thiophene rings is 1. The molecule has 1 unspecified atom stereocenters. The summed E-state index contributed by atoms with van der Waals surface area (Å²) in [5.74, 6) is -1.36. The quantitative estimate of drug-likeness (QED) is 0.741. The van der Waals surface area contributed by atoms with Crippen LogP contribution in [0.5, 0.6) is 0 Å². The summed E-state index contributed by atoms with van der Waals surface area (Å²) in [5.41, 5.74) is 0.686. The lowest BCUT2D eigenvalue weighted by Gasteiger charge is -2.34. The number of nitrogens with zero attached hydrogens (tertiary/aromatic N) is 3. The molecule has 1 N–H and O–H groups in total. The van der Waals surface area contributed by atoms with Crippen LogP contribution >= 0.6 is 22.9 Å². The van der Waals surface area contributed by atoms with E-state index in [9.17, 15) is 13.6 Å². The second kappa shape index (κ2) is 9.49. The van der Waals surface area contributed by atoms with Crippen molar-refractivity contribution in [2.45, 2.75) is 13.0 Å². The summed E-state index contributed by atoms with van der Waals surface area (Å²) in [6.45, 7) is 6.06. The smallest absolute Gasteiger partial charge is 0.317 e. The molecule has 0 bridgehead atoms. The molecular formula is C21H25ClF2N4OS. The van der Waals surface area contributed by atoms with Crippen LogP contribution in [0.1, 0.15) is 11.3 Å². The van der Waals surface area contributed by atoms with Crippen LogP contribution in [0, 0.1) is 17.6 Å². The summed E-state index contributed by atoms with van der Waals surface area (Å²) < 4.78 is 27.4. The number of urea groups is 1. The molecule has 1 aromatic carbocycles. The van der Waals surface area contributed by atoms with Crippen molar-refractivity contribution in [3.05, 3.63) is 51.2 Å². The number of carbonyl (C=O) groups is 1. The number of halogens is 3. The number of benzene rings is 1. The Balaban J connectivity index is 1.18. The minimum Gasteiger partial charge on any atom is -0.371 e. The van der Waals surface area contributed by atoms with Gasteiger partial charge in [-0.1, -0.05) is 11.6 Å². The van der Waals surface area contributed by atoms with Gasteiger partial charge in [-0.2, -0.15) is 0 Å². The molecule has 0 aliphatic carbocycles. The van der Waals surface area contributed by atoms with Crippen molar-refractivity contribution < 1.29 is 13.6 Å². The van der Waals surface area contributed by atoms with E-state index in [2.05, 4.69) is 16.3 Å². The predicted molar refractivity (Wildman–Crippen MR) is 116 cm³/mol. The van der Waals surface area contributed by atoms with Crippen LogP contribution in [-0.2, 0) is 6.54 Å². The molecule has 30 heavy (non-hydrogen) atoms. The number of amides is 2. The van der Waals surface area contributed by atoms with Crippen LogP contribution in [0.4, 0.5) is 19.3 Å². The Labute approximate surface area is 184 Å². The van der Waals surface area contributed by atoms with E-state index >= 15 is 0 Å². The Morgan fingerprint density at radius 3 is 2.60 bits per heavy atom. The zero-order chi connectivity index (χ0) is 21.1. The van der Waals surface area contributed by atoms with Gasteiger partial charge in [-0.05, 0) is 36.6 Å². The first-order valence-corrected chi connectivity index (χ1v) is 11.4. The van der Waals surface area contributed by atoms with Crippen LogP contribution in [0.15, 0.2) is 30.3 Å². The number of carbonyl (C=O) groups excluding carboxylic acids is 1. The molecule has 3 heterocycles. The van der Waals surface area contributed by atoms with Crippen molar-refractivity contribution >= 4 is 34.7 Å². The molecule has 9 heteroatoms. The Morgan fingerprint density at radius 1 is 1.10 bits per heavy atom. The second-order valence-corrected chi connectivity index (χ2v) is 9.65. The van der Waals surface area contributed by atoms with Gasteiger partial charge in [0.25, 0.3) is 0 Å². The van der Waals surface area contributed by atoms with Crippen molar-refractivity contribution in [3.8, 4) is 0 Å². The van der Waals surface area contributed by atoms with E-state index in [1.54, 1.807) is 17.4 Å². The van der Waals surface area contributed by atoms with E-state index in [4.69, 9.17) is 11.6 Å². The van der Waals surface area contributed by atoms with Crippen molar-refractivity contribution in [1.82, 2.24) is 15.1 Å². The maximum Gasteiger partial charge on any atom is 0.317 e. The molecule has 2 amide bonds. The molecular weight excluding hydrogens is 430 g/mol. The van der Waals surface area contributed by atoms with Crippen LogP contribution in [-0.4, -0.2) is 61.6 Å². The zero-order valence-electron chi connectivity index (χ0n) is 16.6. The highest BCUT2D eigenvalue weighted by molar-refractivity contribution is 7.16. The normalized spacial score (nSPS) is 20.0. The van der Waals surface area contributed by atoms with Crippen molar-refractivity contribution in [3.63, 3.8) is 0 Å². The predicted octanol–water partition coefficient (Wildman–Crippen LogP) is 4.03. The summed E-state index contributed by atoms with van der Waals surface area (Å²) in [6.07, 6.45) is 0.913. The van der Waals surface area contributed by atoms with Crippen LogP contribution in [0.25, 0.3) is 0 Å². The molecule has 0 spiro atoms. The fraction of sp³-hybridized carbons (Fsp3) is 0.476. The minimum absolute atomic E-state index is 0.0277. The monoisotopic (exact) mass is 454 g/mol. The van der Waals surface area contributed by atoms with Gasteiger partial charge in [-0.25, -0.2) is 13.6 Å². The Bertz CT molecular complexity index is 888. The molecule has 0 radical (unpaired) electrons. The standard InChI is InChI=1S/C21H25ClF2N4OS/c22-20-4-2-17(30-20)14-26-7-9-27(10-8-26)21(29)25-12-15-5-6-28(13-15)16-1-3-18(23)19(24)11-16/h1-4,11,15H,5-10,12-14H2,(H,25,29). The Morgan fingerprint density at radius 2 is 1.90 bits per heavy atom. The third kappa shape index (κ3) is 5.22. The van der Waals surface area contributed by atoms with E-state index in [-0.39, 0.29) is 6.03 Å². The van der Waals surface area contributed by atoms with Crippen LogP contribution < -0.4 is 10.2 Å². The highest BCUT2D eigenvalue weighted by atomic mass is 35.5. The average Bonchev–Trinajstić information content (AvgIpc) is 3.38. The fourth-order valence-electron chi connectivity index (χ4n) is 4.03. The number of nitrogens with one attached hydrogen (secondary N) is 1. The van der Waals surface area contributed by atoms with Gasteiger partial charge in [0.15, 0.2) is 11.6 Å². The molecule has 2 aromatic rings. The Hall–Kier alpha value is -1.90. The number of anilines is 1. The van der Waals surface area contributed by atoms with E-state index in [1.807, 2.05) is 15.9 Å². The highest BCUT2D eigenvalue weighted by Crippen LogP contribution is 2.25. The number of hydrogen-bond acceptors (Lipinski definition) is 4. The van der Waals surface area contributed by atoms with E-state index in [1.165, 1.54) is 10.9 Å². The van der Waals surface area contributed by atoms with Gasteiger partial charge in [0, 0.05) is 69.0 Å². The minimum atomic E-state index is -0.832. The first-order valence-electron chi connectivity index (χ1n) is 10.2. The van der Waals surface area contributed by atoms with E-state index in [0.717, 1.165) is 49.5 Å². The molecule has 2 saturated heterocycles. The average molecular weight is 455 g/mol. The largest absolute Gasteiger partial charge is 0.371 e. The zero-order valence-corrected chi connectivity index (χ0v) is 18.2. The lowest BCUT2D eigenvalue weighted by atomic mass is 10.1. The van der Waals surface area contributed by atoms with Crippen molar-refractivity contribution in [2.24, 2.45) is 5.92 Å². The third-order valence-corrected chi connectivity index (χ3v) is 6.98. The van der Waals surface area contributed by atoms with Gasteiger partial charge in [-0.15, -0.1) is 11.3 Å². The highest BCUT2D eigenvalue weighted by Gasteiger charge is 2.26. The Kier molecular flexibility index (Phi) is 6.75. The molecule has 2 aliphatic rings. The first kappa shape index (κ1) is 21.3. The summed E-state index contributed by atoms with van der Waals surface area (Å²) >= 11 is 7.59. The van der Waals surface area contributed by atoms with Gasteiger partial charge in [-0.3, -0.25) is 4.90 Å². The number of rotatable bonds is 5. The first-order chi connectivity index (χ1) is 14.5. The summed E-state index contributed by atoms with van der Waals surface area (Å²) in [4.78, 5) is 20.0.